The van der Waals surface area contributed by atoms with E-state index in [1.54, 1.807) is 12.1 Å². The minimum atomic E-state index is -0.926. The number of fused-ring (bicyclic) bond motifs is 1. The second-order valence-electron chi connectivity index (χ2n) is 7.80. The predicted molar refractivity (Wildman–Crippen MR) is 108 cm³/mol. The maximum absolute atomic E-state index is 13.0. The molecule has 2 aliphatic heterocycles. The number of benzene rings is 1. The first-order valence-electron chi connectivity index (χ1n) is 10.4. The number of carbonyl (C=O) groups is 3. The lowest BCUT2D eigenvalue weighted by molar-refractivity contribution is -0.140. The van der Waals surface area contributed by atoms with Crippen molar-refractivity contribution in [2.45, 2.75) is 63.1 Å². The molecule has 29 heavy (non-hydrogen) atoms. The van der Waals surface area contributed by atoms with Crippen molar-refractivity contribution < 1.29 is 19.5 Å². The van der Waals surface area contributed by atoms with Gasteiger partial charge in [0.05, 0.1) is 0 Å². The van der Waals surface area contributed by atoms with Crippen LogP contribution in [0.4, 0.5) is 0 Å². The highest BCUT2D eigenvalue weighted by Crippen LogP contribution is 2.28. The fourth-order valence-electron chi connectivity index (χ4n) is 4.13. The molecule has 2 heterocycles. The molecule has 0 bridgehead atoms. The number of phenolic OH excluding ortho intramolecular Hbond substituents is 1. The van der Waals surface area contributed by atoms with Gasteiger partial charge in [-0.25, -0.2) is 0 Å². The van der Waals surface area contributed by atoms with E-state index in [9.17, 15) is 19.5 Å². The second-order valence-corrected chi connectivity index (χ2v) is 7.80. The van der Waals surface area contributed by atoms with Gasteiger partial charge in [0.25, 0.3) is 0 Å². The number of aromatic hydroxyl groups is 1. The Bertz CT molecular complexity index is 737. The van der Waals surface area contributed by atoms with Crippen molar-refractivity contribution >= 4 is 17.7 Å². The minimum absolute atomic E-state index is 0.0363. The number of nitrogens with one attached hydrogen (secondary N) is 2. The van der Waals surface area contributed by atoms with E-state index in [4.69, 9.17) is 5.73 Å². The van der Waals surface area contributed by atoms with E-state index >= 15 is 0 Å². The molecule has 3 amide bonds. The molecule has 1 aromatic carbocycles. The summed E-state index contributed by atoms with van der Waals surface area (Å²) in [5.74, 6) is -0.629. The fraction of sp³-hybridized carbons (Fsp3) is 0.571. The van der Waals surface area contributed by atoms with E-state index in [0.29, 0.717) is 31.0 Å². The molecule has 2 fully saturated rings. The van der Waals surface area contributed by atoms with Gasteiger partial charge in [0.15, 0.2) is 0 Å². The Morgan fingerprint density at radius 3 is 2.66 bits per heavy atom. The topological polar surface area (TPSA) is 125 Å². The smallest absolute Gasteiger partial charge is 0.247 e. The highest BCUT2D eigenvalue weighted by atomic mass is 16.3. The van der Waals surface area contributed by atoms with Crippen LogP contribution in [0.15, 0.2) is 24.3 Å². The van der Waals surface area contributed by atoms with Crippen LogP contribution in [0.3, 0.4) is 0 Å². The first kappa shape index (κ1) is 21.1. The SMILES string of the molecule is NCCCCC(=O)NC(C(=O)N[C@@H]1CC[C@@H]2CCCN2C1=O)c1ccc(O)cc1. The monoisotopic (exact) mass is 402 g/mol. The van der Waals surface area contributed by atoms with Gasteiger partial charge in [0, 0.05) is 19.0 Å². The number of hydrogen-bond acceptors (Lipinski definition) is 5. The average Bonchev–Trinajstić information content (AvgIpc) is 3.19. The molecule has 3 atom stereocenters. The van der Waals surface area contributed by atoms with Crippen LogP contribution in [-0.4, -0.2) is 52.9 Å². The first-order valence-corrected chi connectivity index (χ1v) is 10.4. The Morgan fingerprint density at radius 1 is 1.17 bits per heavy atom. The largest absolute Gasteiger partial charge is 0.508 e. The van der Waals surface area contributed by atoms with Gasteiger partial charge in [-0.15, -0.1) is 0 Å². The van der Waals surface area contributed by atoms with Crippen molar-refractivity contribution in [2.24, 2.45) is 5.73 Å². The van der Waals surface area contributed by atoms with E-state index in [-0.39, 0.29) is 24.0 Å². The van der Waals surface area contributed by atoms with Gasteiger partial charge in [-0.3, -0.25) is 14.4 Å². The van der Waals surface area contributed by atoms with Crippen LogP contribution in [0.2, 0.25) is 0 Å². The summed E-state index contributed by atoms with van der Waals surface area (Å²) in [5, 5.41) is 15.1. The normalized spacial score (nSPS) is 22.1. The van der Waals surface area contributed by atoms with Gasteiger partial charge in [0.2, 0.25) is 17.7 Å². The van der Waals surface area contributed by atoms with Crippen LogP contribution >= 0.6 is 0 Å². The zero-order valence-corrected chi connectivity index (χ0v) is 16.6. The molecule has 1 aromatic rings. The molecule has 0 spiro atoms. The summed E-state index contributed by atoms with van der Waals surface area (Å²) < 4.78 is 0. The van der Waals surface area contributed by atoms with Crippen LogP contribution in [-0.2, 0) is 14.4 Å². The molecule has 0 aromatic heterocycles. The Morgan fingerprint density at radius 2 is 1.93 bits per heavy atom. The number of nitrogens with zero attached hydrogens (tertiary/aromatic N) is 1. The third-order valence-electron chi connectivity index (χ3n) is 5.72. The summed E-state index contributed by atoms with van der Waals surface area (Å²) in [5.41, 5.74) is 6.02. The third-order valence-corrected chi connectivity index (χ3v) is 5.72. The summed E-state index contributed by atoms with van der Waals surface area (Å²) in [4.78, 5) is 39.9. The summed E-state index contributed by atoms with van der Waals surface area (Å²) in [6.45, 7) is 1.26. The second kappa shape index (κ2) is 9.73. The van der Waals surface area contributed by atoms with Gasteiger partial charge >= 0.3 is 0 Å². The number of hydrogen-bond donors (Lipinski definition) is 4. The molecule has 8 nitrogen and oxygen atoms in total. The molecular formula is C21H30N4O4. The van der Waals surface area contributed by atoms with Crippen LogP contribution in [0.25, 0.3) is 0 Å². The maximum Gasteiger partial charge on any atom is 0.247 e. The first-order chi connectivity index (χ1) is 14.0. The van der Waals surface area contributed by atoms with E-state index in [1.807, 2.05) is 4.90 Å². The van der Waals surface area contributed by atoms with Crippen molar-refractivity contribution in [1.82, 2.24) is 15.5 Å². The number of piperidine rings is 1. The maximum atomic E-state index is 13.0. The molecule has 0 saturated carbocycles. The van der Waals surface area contributed by atoms with E-state index < -0.39 is 18.0 Å². The van der Waals surface area contributed by atoms with Crippen molar-refractivity contribution in [2.75, 3.05) is 13.1 Å². The van der Waals surface area contributed by atoms with Crippen molar-refractivity contribution in [3.63, 3.8) is 0 Å². The van der Waals surface area contributed by atoms with Gasteiger partial charge in [-0.05, 0) is 62.8 Å². The number of nitrogens with two attached hydrogens (primary N) is 1. The molecule has 158 valence electrons. The molecule has 8 heteroatoms. The molecule has 3 rings (SSSR count). The van der Waals surface area contributed by atoms with Crippen molar-refractivity contribution in [3.05, 3.63) is 29.8 Å². The minimum Gasteiger partial charge on any atom is -0.508 e. The van der Waals surface area contributed by atoms with Crippen LogP contribution in [0.5, 0.6) is 5.75 Å². The van der Waals surface area contributed by atoms with E-state index in [1.165, 1.54) is 12.1 Å². The molecule has 0 aliphatic carbocycles. The summed E-state index contributed by atoms with van der Waals surface area (Å²) in [6, 6.07) is 4.94. The van der Waals surface area contributed by atoms with Gasteiger partial charge < -0.3 is 26.4 Å². The standard InChI is InChI=1S/C21H30N4O4/c22-12-2-1-5-18(27)24-19(14-6-9-16(26)10-7-14)20(28)23-17-11-8-15-4-3-13-25(15)21(17)29/h6-7,9-10,15,17,19,26H,1-5,8,11-13,22H2,(H,23,28)(H,24,27)/t15-,17+,19?/m0/s1. The third kappa shape index (κ3) is 5.26. The number of carbonyl (C=O) groups excluding carboxylic acids is 3. The molecular weight excluding hydrogens is 372 g/mol. The lowest BCUT2D eigenvalue weighted by Gasteiger charge is -2.35. The van der Waals surface area contributed by atoms with E-state index in [2.05, 4.69) is 10.6 Å². The highest BCUT2D eigenvalue weighted by molar-refractivity contribution is 5.93. The molecule has 1 unspecified atom stereocenters. The summed E-state index contributed by atoms with van der Waals surface area (Å²) in [7, 11) is 0. The number of rotatable bonds is 8. The van der Waals surface area contributed by atoms with Gasteiger partial charge in [0.1, 0.15) is 17.8 Å². The number of amides is 3. The lowest BCUT2D eigenvalue weighted by atomic mass is 9.97. The van der Waals surface area contributed by atoms with Gasteiger partial charge in [-0.1, -0.05) is 12.1 Å². The van der Waals surface area contributed by atoms with Crippen LogP contribution in [0.1, 0.15) is 56.6 Å². The average molecular weight is 402 g/mol. The van der Waals surface area contributed by atoms with Crippen molar-refractivity contribution in [1.29, 1.82) is 0 Å². The Labute approximate surface area is 170 Å². The summed E-state index contributed by atoms with van der Waals surface area (Å²) in [6.07, 6.45) is 5.18. The lowest BCUT2D eigenvalue weighted by Crippen LogP contribution is -2.55. The predicted octanol–water partition coefficient (Wildman–Crippen LogP) is 0.948. The van der Waals surface area contributed by atoms with Crippen LogP contribution in [0, 0.1) is 0 Å². The highest BCUT2D eigenvalue weighted by Gasteiger charge is 2.39. The van der Waals surface area contributed by atoms with E-state index in [0.717, 1.165) is 32.2 Å². The molecule has 5 N–H and O–H groups in total. The Balaban J connectivity index is 1.69. The summed E-state index contributed by atoms with van der Waals surface area (Å²) >= 11 is 0. The fourth-order valence-corrected chi connectivity index (χ4v) is 4.13. The number of unbranched alkanes of at least 4 members (excludes halogenated alkanes) is 1. The Kier molecular flexibility index (Phi) is 7.09. The zero-order chi connectivity index (χ0) is 20.8. The molecule has 2 aliphatic rings. The quantitative estimate of drug-likeness (QED) is 0.482. The Hall–Kier alpha value is -2.61. The number of phenols is 1. The molecule has 0 radical (unpaired) electrons. The van der Waals surface area contributed by atoms with Crippen molar-refractivity contribution in [3.8, 4) is 5.75 Å². The zero-order valence-electron chi connectivity index (χ0n) is 16.6. The molecule has 2 saturated heterocycles. The van der Waals surface area contributed by atoms with Gasteiger partial charge in [-0.2, -0.15) is 0 Å². The van der Waals surface area contributed by atoms with Crippen LogP contribution < -0.4 is 16.4 Å².